The quantitative estimate of drug-likeness (QED) is 0.871. The summed E-state index contributed by atoms with van der Waals surface area (Å²) < 4.78 is 6.36. The number of fused-ring (bicyclic) bond motifs is 4. The molecule has 2 aliphatic heterocycles. The fourth-order valence-electron chi connectivity index (χ4n) is 3.59. The van der Waals surface area contributed by atoms with Crippen LogP contribution in [-0.2, 0) is 6.42 Å². The van der Waals surface area contributed by atoms with Crippen molar-refractivity contribution in [2.75, 3.05) is 6.54 Å². The van der Waals surface area contributed by atoms with Gasteiger partial charge in [0.05, 0.1) is 6.04 Å². The molecule has 2 aliphatic rings. The Hall–Kier alpha value is -2.07. The highest BCUT2D eigenvalue weighted by atomic mass is 32.1. The van der Waals surface area contributed by atoms with E-state index in [1.165, 1.54) is 11.1 Å². The molecule has 3 nitrogen and oxygen atoms in total. The molecule has 0 aromatic heterocycles. The van der Waals surface area contributed by atoms with E-state index in [1.54, 1.807) is 0 Å². The molecule has 2 bridgehead atoms. The lowest BCUT2D eigenvalue weighted by Crippen LogP contribution is -2.64. The summed E-state index contributed by atoms with van der Waals surface area (Å²) in [5.74, 6) is 0.964. The lowest BCUT2D eigenvalue weighted by molar-refractivity contribution is -0.0676. The van der Waals surface area contributed by atoms with Crippen LogP contribution in [0.3, 0.4) is 0 Å². The normalized spacial score (nSPS) is 25.3. The van der Waals surface area contributed by atoms with E-state index in [0.717, 1.165) is 30.2 Å². The Morgan fingerprint density at radius 3 is 2.74 bits per heavy atom. The van der Waals surface area contributed by atoms with E-state index in [0.29, 0.717) is 0 Å². The molecule has 2 aromatic rings. The average Bonchev–Trinajstić information content (AvgIpc) is 2.55. The van der Waals surface area contributed by atoms with E-state index >= 15 is 0 Å². The van der Waals surface area contributed by atoms with E-state index in [2.05, 4.69) is 53.5 Å². The zero-order valence-corrected chi connectivity index (χ0v) is 14.0. The zero-order chi connectivity index (χ0) is 15.9. The van der Waals surface area contributed by atoms with Crippen LogP contribution in [0.25, 0.3) is 0 Å². The number of hydrogen-bond acceptors (Lipinski definition) is 2. The Morgan fingerprint density at radius 2 is 1.91 bits per heavy atom. The van der Waals surface area contributed by atoms with E-state index in [4.69, 9.17) is 17.0 Å². The molecule has 2 heterocycles. The highest BCUT2D eigenvalue weighted by Crippen LogP contribution is 2.43. The Bertz CT molecular complexity index is 733. The highest BCUT2D eigenvalue weighted by Gasteiger charge is 2.47. The maximum atomic E-state index is 6.36. The highest BCUT2D eigenvalue weighted by molar-refractivity contribution is 7.80. The standard InChI is InChI=1S/C19H20N2OS/c1-19-13-16(15-9-5-6-10-17(15)22-19)20-18(23)21(19)12-11-14-7-3-2-4-8-14/h2-10,16H,11-13H2,1H3,(H,20,23)/t16-,19-/m0/s1. The molecule has 4 heteroatoms. The first kappa shape index (κ1) is 14.5. The first-order valence-electron chi connectivity index (χ1n) is 8.06. The van der Waals surface area contributed by atoms with Crippen molar-refractivity contribution in [3.8, 4) is 5.75 Å². The van der Waals surface area contributed by atoms with Gasteiger partial charge in [-0.15, -0.1) is 0 Å². The molecule has 2 aromatic carbocycles. The minimum absolute atomic E-state index is 0.241. The monoisotopic (exact) mass is 324 g/mol. The van der Waals surface area contributed by atoms with E-state index in [9.17, 15) is 0 Å². The van der Waals surface area contributed by atoms with Gasteiger partial charge < -0.3 is 15.0 Å². The Labute approximate surface area is 142 Å². The fraction of sp³-hybridized carbons (Fsp3) is 0.316. The number of thiocarbonyl (C=S) groups is 1. The maximum Gasteiger partial charge on any atom is 0.184 e. The zero-order valence-electron chi connectivity index (χ0n) is 13.2. The molecule has 23 heavy (non-hydrogen) atoms. The van der Waals surface area contributed by atoms with Crippen LogP contribution >= 0.6 is 12.2 Å². The third kappa shape index (κ3) is 2.57. The van der Waals surface area contributed by atoms with Crippen LogP contribution in [0, 0.1) is 0 Å². The summed E-state index contributed by atoms with van der Waals surface area (Å²) in [5.41, 5.74) is 2.14. The maximum absolute atomic E-state index is 6.36. The van der Waals surface area contributed by atoms with Gasteiger partial charge in [-0.25, -0.2) is 0 Å². The smallest absolute Gasteiger partial charge is 0.184 e. The molecule has 1 N–H and O–H groups in total. The van der Waals surface area contributed by atoms with E-state index < -0.39 is 0 Å². The number of nitrogens with one attached hydrogen (secondary N) is 1. The molecule has 4 rings (SSSR count). The largest absolute Gasteiger partial charge is 0.468 e. The van der Waals surface area contributed by atoms with Gasteiger partial charge in [0.25, 0.3) is 0 Å². The number of para-hydroxylation sites is 1. The molecular weight excluding hydrogens is 304 g/mol. The number of ether oxygens (including phenoxy) is 1. The molecule has 0 aliphatic carbocycles. The third-order valence-electron chi connectivity index (χ3n) is 4.79. The Kier molecular flexibility index (Phi) is 3.49. The van der Waals surface area contributed by atoms with Gasteiger partial charge in [-0.1, -0.05) is 48.5 Å². The van der Waals surface area contributed by atoms with Crippen LogP contribution in [-0.4, -0.2) is 22.3 Å². The van der Waals surface area contributed by atoms with Crippen molar-refractivity contribution in [1.82, 2.24) is 10.2 Å². The van der Waals surface area contributed by atoms with E-state index in [-0.39, 0.29) is 11.8 Å². The molecule has 0 spiro atoms. The number of nitrogens with zero attached hydrogens (tertiary/aromatic N) is 1. The molecule has 0 amide bonds. The van der Waals surface area contributed by atoms with Gasteiger partial charge in [-0.2, -0.15) is 0 Å². The summed E-state index contributed by atoms with van der Waals surface area (Å²) in [6.45, 7) is 3.00. The average molecular weight is 324 g/mol. The van der Waals surface area contributed by atoms with Gasteiger partial charge >= 0.3 is 0 Å². The van der Waals surface area contributed by atoms with Gasteiger partial charge in [0.2, 0.25) is 0 Å². The second-order valence-corrected chi connectivity index (χ2v) is 6.80. The van der Waals surface area contributed by atoms with Crippen molar-refractivity contribution in [3.05, 3.63) is 65.7 Å². The molecule has 118 valence electrons. The van der Waals surface area contributed by atoms with Crippen LogP contribution in [0.1, 0.15) is 30.5 Å². The molecule has 1 fully saturated rings. The van der Waals surface area contributed by atoms with Crippen molar-refractivity contribution < 1.29 is 4.74 Å². The van der Waals surface area contributed by atoms with Gasteiger partial charge in [0.1, 0.15) is 5.75 Å². The molecule has 2 atom stereocenters. The molecule has 1 saturated heterocycles. The van der Waals surface area contributed by atoms with Gasteiger partial charge in [0, 0.05) is 18.5 Å². The number of rotatable bonds is 3. The summed E-state index contributed by atoms with van der Waals surface area (Å²) in [6, 6.07) is 19.0. The lowest BCUT2D eigenvalue weighted by atomic mass is 9.90. The predicted octanol–water partition coefficient (Wildman–Crippen LogP) is 3.66. The van der Waals surface area contributed by atoms with Crippen molar-refractivity contribution in [1.29, 1.82) is 0 Å². The minimum Gasteiger partial charge on any atom is -0.468 e. The number of benzene rings is 2. The second kappa shape index (κ2) is 5.53. The predicted molar refractivity (Wildman–Crippen MR) is 95.4 cm³/mol. The Balaban J connectivity index is 1.59. The lowest BCUT2D eigenvalue weighted by Gasteiger charge is -2.52. The molecular formula is C19H20N2OS. The van der Waals surface area contributed by atoms with Crippen LogP contribution in [0.15, 0.2) is 54.6 Å². The summed E-state index contributed by atoms with van der Waals surface area (Å²) >= 11 is 5.63. The molecule has 0 unspecified atom stereocenters. The minimum atomic E-state index is -0.379. The molecule has 0 radical (unpaired) electrons. The third-order valence-corrected chi connectivity index (χ3v) is 5.13. The summed E-state index contributed by atoms with van der Waals surface area (Å²) in [7, 11) is 0. The van der Waals surface area contributed by atoms with Crippen LogP contribution in [0.2, 0.25) is 0 Å². The van der Waals surface area contributed by atoms with Crippen molar-refractivity contribution in [2.45, 2.75) is 31.5 Å². The Morgan fingerprint density at radius 1 is 1.17 bits per heavy atom. The summed E-state index contributed by atoms with van der Waals surface area (Å²) in [5, 5.41) is 4.28. The van der Waals surface area contributed by atoms with E-state index in [1.807, 2.05) is 18.2 Å². The molecule has 0 saturated carbocycles. The summed E-state index contributed by atoms with van der Waals surface area (Å²) in [4.78, 5) is 2.20. The number of hydrogen-bond donors (Lipinski definition) is 1. The SMILES string of the molecule is C[C@]12C[C@H](NC(=S)N1CCc1ccccc1)c1ccccc1O2. The fourth-order valence-corrected chi connectivity index (χ4v) is 4.01. The van der Waals surface area contributed by atoms with Gasteiger partial charge in [-0.3, -0.25) is 0 Å². The van der Waals surface area contributed by atoms with Crippen molar-refractivity contribution >= 4 is 17.3 Å². The van der Waals surface area contributed by atoms with Crippen LogP contribution < -0.4 is 10.1 Å². The van der Waals surface area contributed by atoms with Gasteiger partial charge in [0.15, 0.2) is 10.8 Å². The van der Waals surface area contributed by atoms with Gasteiger partial charge in [-0.05, 0) is 37.2 Å². The van der Waals surface area contributed by atoms with Crippen LogP contribution in [0.5, 0.6) is 5.75 Å². The summed E-state index contributed by atoms with van der Waals surface area (Å²) in [6.07, 6.45) is 1.85. The second-order valence-electron chi connectivity index (χ2n) is 6.41. The van der Waals surface area contributed by atoms with Crippen molar-refractivity contribution in [3.63, 3.8) is 0 Å². The first-order valence-corrected chi connectivity index (χ1v) is 8.46. The van der Waals surface area contributed by atoms with Crippen LogP contribution in [0.4, 0.5) is 0 Å². The topological polar surface area (TPSA) is 24.5 Å². The van der Waals surface area contributed by atoms with Crippen molar-refractivity contribution in [2.24, 2.45) is 0 Å². The first-order chi connectivity index (χ1) is 11.2.